The van der Waals surface area contributed by atoms with Crippen LogP contribution in [0, 0.1) is 0 Å². The number of rotatable bonds is 2. The number of methoxy groups -OCH3 is 1. The number of benzene rings is 1. The lowest BCUT2D eigenvalue weighted by atomic mass is 10.1. The van der Waals surface area contributed by atoms with Gasteiger partial charge < -0.3 is 9.84 Å². The zero-order chi connectivity index (χ0) is 10.1. The third-order valence-corrected chi connectivity index (χ3v) is 3.60. The molecule has 1 aromatic heterocycles. The Hall–Kier alpha value is -0.710. The van der Waals surface area contributed by atoms with Crippen LogP contribution in [0.25, 0.3) is 10.1 Å². The van der Waals surface area contributed by atoms with Crippen LogP contribution in [-0.2, 0) is 6.61 Å². The van der Waals surface area contributed by atoms with Crippen molar-refractivity contribution in [1.82, 2.24) is 0 Å². The van der Waals surface area contributed by atoms with E-state index in [2.05, 4.69) is 12.6 Å². The Morgan fingerprint density at radius 2 is 2.29 bits per heavy atom. The Balaban J connectivity index is 2.73. The highest BCUT2D eigenvalue weighted by atomic mass is 32.1. The zero-order valence-electron chi connectivity index (χ0n) is 7.65. The van der Waals surface area contributed by atoms with Crippen LogP contribution in [0.4, 0.5) is 0 Å². The SMILES string of the molecule is COc1cc2c(CO)c(S)ccc2s1. The van der Waals surface area contributed by atoms with Gasteiger partial charge in [0.05, 0.1) is 13.7 Å². The lowest BCUT2D eigenvalue weighted by molar-refractivity contribution is 0.280. The number of aliphatic hydroxyl groups excluding tert-OH is 1. The number of hydrogen-bond donors (Lipinski definition) is 2. The maximum Gasteiger partial charge on any atom is 0.174 e. The fourth-order valence-corrected chi connectivity index (χ4v) is 2.57. The van der Waals surface area contributed by atoms with Crippen molar-refractivity contribution in [3.63, 3.8) is 0 Å². The summed E-state index contributed by atoms with van der Waals surface area (Å²) in [5, 5.41) is 11.1. The van der Waals surface area contributed by atoms with Gasteiger partial charge in [0.1, 0.15) is 0 Å². The van der Waals surface area contributed by atoms with E-state index in [9.17, 15) is 5.11 Å². The molecule has 0 saturated heterocycles. The molecule has 2 nitrogen and oxygen atoms in total. The monoisotopic (exact) mass is 226 g/mol. The Labute approximate surface area is 91.5 Å². The largest absolute Gasteiger partial charge is 0.487 e. The standard InChI is InChI=1S/C10H10O2S2/c1-12-10-4-6-7(5-11)8(13)2-3-9(6)14-10/h2-4,11,13H,5H2,1H3. The van der Waals surface area contributed by atoms with Crippen LogP contribution in [0.3, 0.4) is 0 Å². The predicted molar refractivity (Wildman–Crippen MR) is 61.6 cm³/mol. The van der Waals surface area contributed by atoms with E-state index >= 15 is 0 Å². The van der Waals surface area contributed by atoms with E-state index in [-0.39, 0.29) is 6.61 Å². The number of ether oxygens (including phenoxy) is 1. The number of thiol groups is 1. The van der Waals surface area contributed by atoms with Gasteiger partial charge in [-0.25, -0.2) is 0 Å². The van der Waals surface area contributed by atoms with Crippen LogP contribution < -0.4 is 4.74 Å². The second-order valence-electron chi connectivity index (χ2n) is 2.90. The molecule has 0 amide bonds. The highest BCUT2D eigenvalue weighted by Gasteiger charge is 2.08. The summed E-state index contributed by atoms with van der Waals surface area (Å²) in [5.41, 5.74) is 0.866. The van der Waals surface area contributed by atoms with Gasteiger partial charge in [0.15, 0.2) is 5.06 Å². The molecule has 1 heterocycles. The van der Waals surface area contributed by atoms with Crippen molar-refractivity contribution in [3.8, 4) is 5.06 Å². The van der Waals surface area contributed by atoms with Gasteiger partial charge in [-0.2, -0.15) is 0 Å². The summed E-state index contributed by atoms with van der Waals surface area (Å²) in [6.07, 6.45) is 0. The lowest BCUT2D eigenvalue weighted by Gasteiger charge is -2.01. The molecule has 0 saturated carbocycles. The van der Waals surface area contributed by atoms with Crippen molar-refractivity contribution >= 4 is 34.1 Å². The van der Waals surface area contributed by atoms with Crippen LogP contribution >= 0.6 is 24.0 Å². The van der Waals surface area contributed by atoms with E-state index in [0.29, 0.717) is 0 Å². The summed E-state index contributed by atoms with van der Waals surface area (Å²) in [5.74, 6) is 0. The van der Waals surface area contributed by atoms with Gasteiger partial charge in [-0.05, 0) is 23.8 Å². The third kappa shape index (κ3) is 1.49. The fourth-order valence-electron chi connectivity index (χ4n) is 1.40. The second kappa shape index (κ2) is 3.81. The van der Waals surface area contributed by atoms with Gasteiger partial charge in [0.25, 0.3) is 0 Å². The van der Waals surface area contributed by atoms with E-state index in [4.69, 9.17) is 4.74 Å². The van der Waals surface area contributed by atoms with Crippen LogP contribution in [0.2, 0.25) is 0 Å². The molecular weight excluding hydrogens is 216 g/mol. The molecule has 1 N–H and O–H groups in total. The smallest absolute Gasteiger partial charge is 0.174 e. The average molecular weight is 226 g/mol. The summed E-state index contributed by atoms with van der Waals surface area (Å²) in [7, 11) is 1.64. The molecule has 0 fully saturated rings. The third-order valence-electron chi connectivity index (χ3n) is 2.12. The molecule has 0 aliphatic carbocycles. The van der Waals surface area contributed by atoms with Crippen LogP contribution in [0.15, 0.2) is 23.1 Å². The van der Waals surface area contributed by atoms with Crippen molar-refractivity contribution in [2.45, 2.75) is 11.5 Å². The van der Waals surface area contributed by atoms with E-state index in [1.54, 1.807) is 18.4 Å². The van der Waals surface area contributed by atoms with Crippen molar-refractivity contribution in [3.05, 3.63) is 23.8 Å². The van der Waals surface area contributed by atoms with Gasteiger partial charge in [-0.3, -0.25) is 0 Å². The quantitative estimate of drug-likeness (QED) is 0.771. The maximum atomic E-state index is 9.21. The molecule has 0 atom stereocenters. The number of hydrogen-bond acceptors (Lipinski definition) is 4. The Kier molecular flexibility index (Phi) is 2.67. The number of aliphatic hydroxyl groups is 1. The van der Waals surface area contributed by atoms with Gasteiger partial charge in [0.2, 0.25) is 0 Å². The minimum absolute atomic E-state index is 0.00998. The molecule has 0 bridgehead atoms. The molecular formula is C10H10O2S2. The van der Waals surface area contributed by atoms with E-state index in [0.717, 1.165) is 25.6 Å². The molecule has 4 heteroatoms. The predicted octanol–water partition coefficient (Wildman–Crippen LogP) is 2.69. The Bertz CT molecular complexity index is 462. The summed E-state index contributed by atoms with van der Waals surface area (Å²) in [4.78, 5) is 0.820. The highest BCUT2D eigenvalue weighted by Crippen LogP contribution is 2.35. The lowest BCUT2D eigenvalue weighted by Crippen LogP contribution is -1.85. The van der Waals surface area contributed by atoms with E-state index in [1.165, 1.54) is 0 Å². The molecule has 0 aliphatic heterocycles. The minimum atomic E-state index is 0.00998. The number of fused-ring (bicyclic) bond motifs is 1. The van der Waals surface area contributed by atoms with Crippen LogP contribution in [-0.4, -0.2) is 12.2 Å². The van der Waals surface area contributed by atoms with E-state index in [1.807, 2.05) is 18.2 Å². The molecule has 0 unspecified atom stereocenters. The van der Waals surface area contributed by atoms with Gasteiger partial charge in [-0.1, -0.05) is 11.3 Å². The summed E-state index contributed by atoms with van der Waals surface area (Å²) in [6, 6.07) is 5.82. The Morgan fingerprint density at radius 3 is 2.93 bits per heavy atom. The van der Waals surface area contributed by atoms with E-state index < -0.39 is 0 Å². The Morgan fingerprint density at radius 1 is 1.50 bits per heavy atom. The van der Waals surface area contributed by atoms with Crippen molar-refractivity contribution in [1.29, 1.82) is 0 Å². The van der Waals surface area contributed by atoms with Crippen LogP contribution in [0.1, 0.15) is 5.56 Å². The van der Waals surface area contributed by atoms with Crippen molar-refractivity contribution in [2.24, 2.45) is 0 Å². The first-order valence-electron chi connectivity index (χ1n) is 4.15. The molecule has 74 valence electrons. The van der Waals surface area contributed by atoms with Crippen LogP contribution in [0.5, 0.6) is 5.06 Å². The maximum absolute atomic E-state index is 9.21. The second-order valence-corrected chi connectivity index (χ2v) is 4.43. The molecule has 0 aliphatic rings. The molecule has 2 aromatic rings. The summed E-state index contributed by atoms with van der Waals surface area (Å²) >= 11 is 5.86. The summed E-state index contributed by atoms with van der Waals surface area (Å²) in [6.45, 7) is 0.00998. The molecule has 1 aromatic carbocycles. The van der Waals surface area contributed by atoms with Crippen molar-refractivity contribution in [2.75, 3.05) is 7.11 Å². The first-order valence-corrected chi connectivity index (χ1v) is 5.42. The first kappa shape index (κ1) is 9.83. The van der Waals surface area contributed by atoms with Gasteiger partial charge >= 0.3 is 0 Å². The summed E-state index contributed by atoms with van der Waals surface area (Å²) < 4.78 is 6.27. The zero-order valence-corrected chi connectivity index (χ0v) is 9.36. The normalized spacial score (nSPS) is 10.8. The fraction of sp³-hybridized carbons (Fsp3) is 0.200. The molecule has 14 heavy (non-hydrogen) atoms. The van der Waals surface area contributed by atoms with Gasteiger partial charge in [0, 0.05) is 15.0 Å². The molecule has 0 spiro atoms. The van der Waals surface area contributed by atoms with Gasteiger partial charge in [-0.15, -0.1) is 12.6 Å². The highest BCUT2D eigenvalue weighted by molar-refractivity contribution is 7.80. The number of thiophene rings is 1. The molecule has 0 radical (unpaired) electrons. The average Bonchev–Trinajstić information content (AvgIpc) is 2.60. The molecule has 2 rings (SSSR count). The topological polar surface area (TPSA) is 29.5 Å². The first-order chi connectivity index (χ1) is 6.76. The van der Waals surface area contributed by atoms with Crippen molar-refractivity contribution < 1.29 is 9.84 Å². The minimum Gasteiger partial charge on any atom is -0.487 e.